The number of alkyl halides is 3. The number of nitrogens with zero attached hydrogens (tertiary/aromatic N) is 2. The molecule has 2 aliphatic rings. The molecule has 146 valence electrons. The highest BCUT2D eigenvalue weighted by molar-refractivity contribution is 5.85. The number of nitrogens with one attached hydrogen (secondary N) is 1. The fraction of sp³-hybridized carbons (Fsp3) is 0.588. The fourth-order valence-electron chi connectivity index (χ4n) is 3.29. The van der Waals surface area contributed by atoms with E-state index in [-0.39, 0.29) is 30.7 Å². The van der Waals surface area contributed by atoms with Gasteiger partial charge in [-0.25, -0.2) is 0 Å². The zero-order valence-electron chi connectivity index (χ0n) is 14.3. The number of hydrogen-bond donors (Lipinski definition) is 1. The summed E-state index contributed by atoms with van der Waals surface area (Å²) in [6.45, 7) is 5.17. The molecule has 1 amide bonds. The third-order valence-corrected chi connectivity index (χ3v) is 4.73. The van der Waals surface area contributed by atoms with Crippen molar-refractivity contribution in [1.29, 1.82) is 0 Å². The zero-order valence-corrected chi connectivity index (χ0v) is 15.1. The molecule has 1 aromatic carbocycles. The number of likely N-dealkylation sites (tertiary alicyclic amines) is 1. The first-order valence-corrected chi connectivity index (χ1v) is 8.46. The van der Waals surface area contributed by atoms with Gasteiger partial charge in [0.1, 0.15) is 5.75 Å². The van der Waals surface area contributed by atoms with Gasteiger partial charge in [-0.15, -0.1) is 12.4 Å². The summed E-state index contributed by atoms with van der Waals surface area (Å²) in [6.07, 6.45) is -3.42. The average molecular weight is 394 g/mol. The number of rotatable bonds is 4. The third-order valence-electron chi connectivity index (χ3n) is 4.73. The maximum atomic E-state index is 12.5. The average Bonchev–Trinajstić information content (AvgIpc) is 3.10. The molecule has 1 unspecified atom stereocenters. The van der Waals surface area contributed by atoms with Crippen LogP contribution in [0.4, 0.5) is 13.2 Å². The van der Waals surface area contributed by atoms with Crippen molar-refractivity contribution in [3.8, 4) is 5.75 Å². The van der Waals surface area contributed by atoms with Crippen LogP contribution in [0.1, 0.15) is 12.0 Å². The Hall–Kier alpha value is -1.51. The Morgan fingerprint density at radius 1 is 1.15 bits per heavy atom. The minimum Gasteiger partial charge on any atom is -0.484 e. The lowest BCUT2D eigenvalue weighted by molar-refractivity contribution is -0.137. The van der Waals surface area contributed by atoms with Crippen LogP contribution in [0.2, 0.25) is 0 Å². The monoisotopic (exact) mass is 393 g/mol. The van der Waals surface area contributed by atoms with Gasteiger partial charge >= 0.3 is 6.18 Å². The predicted octanol–water partition coefficient (Wildman–Crippen LogP) is 2.01. The molecule has 1 atom stereocenters. The van der Waals surface area contributed by atoms with Gasteiger partial charge in [0.25, 0.3) is 5.91 Å². The Bertz CT molecular complexity index is 592. The van der Waals surface area contributed by atoms with Crippen LogP contribution in [0, 0.1) is 0 Å². The van der Waals surface area contributed by atoms with Gasteiger partial charge in [0.05, 0.1) is 5.56 Å². The summed E-state index contributed by atoms with van der Waals surface area (Å²) in [5, 5.41) is 3.31. The van der Waals surface area contributed by atoms with E-state index in [1.807, 2.05) is 0 Å². The lowest BCUT2D eigenvalue weighted by atomic mass is 10.2. The third kappa shape index (κ3) is 5.25. The largest absolute Gasteiger partial charge is 0.484 e. The second-order valence-corrected chi connectivity index (χ2v) is 6.38. The first kappa shape index (κ1) is 20.8. The van der Waals surface area contributed by atoms with Crippen LogP contribution in [0.15, 0.2) is 24.3 Å². The second-order valence-electron chi connectivity index (χ2n) is 6.38. The van der Waals surface area contributed by atoms with Gasteiger partial charge in [-0.1, -0.05) is 0 Å². The van der Waals surface area contributed by atoms with Gasteiger partial charge in [0.15, 0.2) is 6.61 Å². The molecule has 2 fully saturated rings. The molecule has 0 aliphatic carbocycles. The fourth-order valence-corrected chi connectivity index (χ4v) is 3.29. The molecular formula is C17H23ClF3N3O2. The molecule has 0 bridgehead atoms. The van der Waals surface area contributed by atoms with Gasteiger partial charge in [-0.05, 0) is 30.7 Å². The Kier molecular flexibility index (Phi) is 7.14. The number of benzene rings is 1. The molecule has 2 aliphatic heterocycles. The van der Waals surface area contributed by atoms with Crippen LogP contribution >= 0.6 is 12.4 Å². The Balaban J connectivity index is 0.00000243. The topological polar surface area (TPSA) is 44.8 Å². The van der Waals surface area contributed by atoms with E-state index in [0.29, 0.717) is 19.1 Å². The van der Waals surface area contributed by atoms with Gasteiger partial charge in [-0.3, -0.25) is 9.69 Å². The number of halogens is 4. The van der Waals surface area contributed by atoms with Crippen LogP contribution in [-0.2, 0) is 11.0 Å². The van der Waals surface area contributed by atoms with Crippen molar-refractivity contribution < 1.29 is 22.7 Å². The smallest absolute Gasteiger partial charge is 0.416 e. The highest BCUT2D eigenvalue weighted by Gasteiger charge is 2.31. The van der Waals surface area contributed by atoms with E-state index in [4.69, 9.17) is 4.74 Å². The molecule has 26 heavy (non-hydrogen) atoms. The van der Waals surface area contributed by atoms with E-state index in [2.05, 4.69) is 10.2 Å². The van der Waals surface area contributed by atoms with Crippen molar-refractivity contribution >= 4 is 18.3 Å². The molecule has 2 heterocycles. The van der Waals surface area contributed by atoms with Gasteiger partial charge in [0, 0.05) is 45.3 Å². The predicted molar refractivity (Wildman–Crippen MR) is 93.6 cm³/mol. The van der Waals surface area contributed by atoms with Crippen LogP contribution in [0.25, 0.3) is 0 Å². The number of carbonyl (C=O) groups is 1. The summed E-state index contributed by atoms with van der Waals surface area (Å²) >= 11 is 0. The quantitative estimate of drug-likeness (QED) is 0.850. The van der Waals surface area contributed by atoms with E-state index in [1.165, 1.54) is 12.1 Å². The lowest BCUT2D eigenvalue weighted by Gasteiger charge is -2.32. The number of ether oxygens (including phenoxy) is 1. The first-order chi connectivity index (χ1) is 11.9. The van der Waals surface area contributed by atoms with E-state index < -0.39 is 11.7 Å². The SMILES string of the molecule is Cl.O=C(COc1ccc(C(F)(F)F)cc1)N1CCC(N2CCNCC2)C1. The van der Waals surface area contributed by atoms with Gasteiger partial charge in [-0.2, -0.15) is 13.2 Å². The number of hydrogen-bond acceptors (Lipinski definition) is 4. The molecule has 1 N–H and O–H groups in total. The Morgan fingerprint density at radius 3 is 2.42 bits per heavy atom. The Labute approximate surface area is 156 Å². The summed E-state index contributed by atoms with van der Waals surface area (Å²) < 4.78 is 42.9. The van der Waals surface area contributed by atoms with Crippen molar-refractivity contribution in [2.24, 2.45) is 0 Å². The lowest BCUT2D eigenvalue weighted by Crippen LogP contribution is -2.49. The summed E-state index contributed by atoms with van der Waals surface area (Å²) in [4.78, 5) is 16.4. The van der Waals surface area contributed by atoms with E-state index in [9.17, 15) is 18.0 Å². The van der Waals surface area contributed by atoms with E-state index in [1.54, 1.807) is 4.90 Å². The number of amides is 1. The summed E-state index contributed by atoms with van der Waals surface area (Å²) in [6, 6.07) is 4.77. The normalized spacial score (nSPS) is 21.3. The molecular weight excluding hydrogens is 371 g/mol. The number of carbonyl (C=O) groups excluding carboxylic acids is 1. The summed E-state index contributed by atoms with van der Waals surface area (Å²) in [5.41, 5.74) is -0.732. The highest BCUT2D eigenvalue weighted by atomic mass is 35.5. The molecule has 2 saturated heterocycles. The minimum atomic E-state index is -4.37. The summed E-state index contributed by atoms with van der Waals surface area (Å²) in [7, 11) is 0. The number of piperazine rings is 1. The molecule has 5 nitrogen and oxygen atoms in total. The van der Waals surface area contributed by atoms with Crippen molar-refractivity contribution in [2.75, 3.05) is 45.9 Å². The molecule has 9 heteroatoms. The van der Waals surface area contributed by atoms with E-state index in [0.717, 1.165) is 44.7 Å². The zero-order chi connectivity index (χ0) is 17.9. The van der Waals surface area contributed by atoms with Gasteiger partial charge < -0.3 is 15.0 Å². The Morgan fingerprint density at radius 2 is 1.81 bits per heavy atom. The van der Waals surface area contributed by atoms with Crippen LogP contribution in [0.5, 0.6) is 5.75 Å². The van der Waals surface area contributed by atoms with Gasteiger partial charge in [0.2, 0.25) is 0 Å². The summed E-state index contributed by atoms with van der Waals surface area (Å²) in [5.74, 6) is 0.136. The highest BCUT2D eigenvalue weighted by Crippen LogP contribution is 2.30. The molecule has 0 saturated carbocycles. The van der Waals surface area contributed by atoms with Crippen molar-refractivity contribution in [2.45, 2.75) is 18.6 Å². The van der Waals surface area contributed by atoms with Crippen LogP contribution < -0.4 is 10.1 Å². The minimum absolute atomic E-state index is 0. The second kappa shape index (κ2) is 8.92. The first-order valence-electron chi connectivity index (χ1n) is 8.46. The molecule has 3 rings (SSSR count). The van der Waals surface area contributed by atoms with E-state index >= 15 is 0 Å². The van der Waals surface area contributed by atoms with Crippen LogP contribution in [-0.4, -0.2) is 67.6 Å². The maximum Gasteiger partial charge on any atom is 0.416 e. The van der Waals surface area contributed by atoms with Crippen molar-refractivity contribution in [3.63, 3.8) is 0 Å². The van der Waals surface area contributed by atoms with Crippen LogP contribution in [0.3, 0.4) is 0 Å². The van der Waals surface area contributed by atoms with Crippen molar-refractivity contribution in [3.05, 3.63) is 29.8 Å². The molecule has 0 spiro atoms. The molecule has 0 aromatic heterocycles. The molecule has 0 radical (unpaired) electrons. The van der Waals surface area contributed by atoms with Crippen molar-refractivity contribution in [1.82, 2.24) is 15.1 Å². The maximum absolute atomic E-state index is 12.5. The molecule has 1 aromatic rings. The standard InChI is InChI=1S/C17H22F3N3O2.ClH/c18-17(19,20)13-1-3-15(4-2-13)25-12-16(24)23-8-5-14(11-23)22-9-6-21-7-10-22;/h1-4,14,21H,5-12H2;1H.